The number of hydrogen-bond donors (Lipinski definition) is 0. The molecule has 0 saturated carbocycles. The average Bonchev–Trinajstić information content (AvgIpc) is 2.19. The number of rotatable bonds is 3. The van der Waals surface area contributed by atoms with Gasteiger partial charge in [0.2, 0.25) is 0 Å². The van der Waals surface area contributed by atoms with E-state index in [4.69, 9.17) is 9.47 Å². The quantitative estimate of drug-likeness (QED) is 0.756. The Hall–Kier alpha value is -1.51. The van der Waals surface area contributed by atoms with Crippen molar-refractivity contribution in [3.63, 3.8) is 0 Å². The summed E-state index contributed by atoms with van der Waals surface area (Å²) in [4.78, 5) is 11.7. The van der Waals surface area contributed by atoms with Gasteiger partial charge >= 0.3 is 5.97 Å². The van der Waals surface area contributed by atoms with Gasteiger partial charge in [0.15, 0.2) is 6.10 Å². The third-order valence-electron chi connectivity index (χ3n) is 2.07. The number of ether oxygens (including phenoxy) is 2. The first-order valence-electron chi connectivity index (χ1n) is 5.74. The highest BCUT2D eigenvalue weighted by Gasteiger charge is 2.22. The van der Waals surface area contributed by atoms with Gasteiger partial charge in [0.05, 0.1) is 0 Å². The molecular weight excluding hydrogens is 216 g/mol. The van der Waals surface area contributed by atoms with Crippen molar-refractivity contribution in [3.05, 3.63) is 29.8 Å². The van der Waals surface area contributed by atoms with Crippen molar-refractivity contribution in [1.29, 1.82) is 0 Å². The highest BCUT2D eigenvalue weighted by Crippen LogP contribution is 2.15. The molecule has 1 aromatic carbocycles. The van der Waals surface area contributed by atoms with Gasteiger partial charge in [-0.15, -0.1) is 0 Å². The number of hydrogen-bond acceptors (Lipinski definition) is 3. The van der Waals surface area contributed by atoms with Crippen molar-refractivity contribution in [1.82, 2.24) is 0 Å². The number of aryl methyl sites for hydroxylation is 1. The van der Waals surface area contributed by atoms with Gasteiger partial charge in [0, 0.05) is 0 Å². The average molecular weight is 236 g/mol. The summed E-state index contributed by atoms with van der Waals surface area (Å²) in [6, 6.07) is 7.57. The van der Waals surface area contributed by atoms with Crippen LogP contribution in [0.1, 0.15) is 33.3 Å². The minimum absolute atomic E-state index is 0.349. The van der Waals surface area contributed by atoms with Crippen LogP contribution in [0.25, 0.3) is 0 Å². The number of carbonyl (C=O) groups excluding carboxylic acids is 1. The molecule has 0 saturated heterocycles. The molecule has 0 radical (unpaired) electrons. The molecule has 0 aromatic heterocycles. The van der Waals surface area contributed by atoms with E-state index in [-0.39, 0.29) is 5.97 Å². The van der Waals surface area contributed by atoms with Gasteiger partial charge in [-0.3, -0.25) is 0 Å². The molecule has 1 unspecified atom stereocenters. The van der Waals surface area contributed by atoms with Crippen LogP contribution < -0.4 is 4.74 Å². The molecule has 1 aromatic rings. The molecule has 0 N–H and O–H groups in total. The fraction of sp³-hybridized carbons (Fsp3) is 0.500. The van der Waals surface area contributed by atoms with E-state index in [1.165, 1.54) is 0 Å². The summed E-state index contributed by atoms with van der Waals surface area (Å²) in [5.41, 5.74) is 0.671. The molecule has 3 nitrogen and oxygen atoms in total. The van der Waals surface area contributed by atoms with Gasteiger partial charge in [0.1, 0.15) is 11.4 Å². The maximum Gasteiger partial charge on any atom is 0.347 e. The first-order chi connectivity index (χ1) is 7.78. The van der Waals surface area contributed by atoms with E-state index in [2.05, 4.69) is 0 Å². The van der Waals surface area contributed by atoms with E-state index >= 15 is 0 Å². The summed E-state index contributed by atoms with van der Waals surface area (Å²) in [5.74, 6) is 0.326. The molecule has 0 spiro atoms. The molecule has 1 atom stereocenters. The van der Waals surface area contributed by atoms with E-state index in [1.54, 1.807) is 6.92 Å². The predicted octanol–water partition coefficient (Wildman–Crippen LogP) is 3.10. The SMILES string of the molecule is Cc1ccc(OC(C)C(=O)OC(C)(C)C)cc1. The molecule has 1 rings (SSSR count). The summed E-state index contributed by atoms with van der Waals surface area (Å²) >= 11 is 0. The second-order valence-electron chi connectivity index (χ2n) is 5.11. The Morgan fingerprint density at radius 3 is 2.18 bits per heavy atom. The summed E-state index contributed by atoms with van der Waals surface area (Å²) in [6.45, 7) is 9.20. The highest BCUT2D eigenvalue weighted by molar-refractivity contribution is 5.75. The van der Waals surface area contributed by atoms with Crippen LogP contribution in [0.15, 0.2) is 24.3 Å². The molecule has 0 fully saturated rings. The molecular formula is C14H20O3. The number of benzene rings is 1. The molecule has 0 heterocycles. The van der Waals surface area contributed by atoms with Crippen LogP contribution in [0, 0.1) is 6.92 Å². The van der Waals surface area contributed by atoms with Crippen molar-refractivity contribution in [3.8, 4) is 5.75 Å². The second-order valence-corrected chi connectivity index (χ2v) is 5.11. The van der Waals surface area contributed by atoms with Crippen molar-refractivity contribution in [2.24, 2.45) is 0 Å². The van der Waals surface area contributed by atoms with Gasteiger partial charge in [0.25, 0.3) is 0 Å². The zero-order valence-electron chi connectivity index (χ0n) is 11.1. The van der Waals surface area contributed by atoms with E-state index in [0.717, 1.165) is 5.56 Å². The lowest BCUT2D eigenvalue weighted by molar-refractivity contribution is -0.162. The standard InChI is InChI=1S/C14H20O3/c1-10-6-8-12(9-7-10)16-11(2)13(15)17-14(3,4)5/h6-9,11H,1-5H3. The van der Waals surface area contributed by atoms with E-state index < -0.39 is 11.7 Å². The molecule has 0 aliphatic rings. The van der Waals surface area contributed by atoms with Crippen molar-refractivity contribution in [2.45, 2.75) is 46.3 Å². The monoisotopic (exact) mass is 236 g/mol. The summed E-state index contributed by atoms with van der Waals surface area (Å²) in [6.07, 6.45) is -0.600. The topological polar surface area (TPSA) is 35.5 Å². The third kappa shape index (κ3) is 4.89. The van der Waals surface area contributed by atoms with Crippen LogP contribution in [0.2, 0.25) is 0 Å². The van der Waals surface area contributed by atoms with Crippen LogP contribution in [0.5, 0.6) is 5.75 Å². The van der Waals surface area contributed by atoms with E-state index in [0.29, 0.717) is 5.75 Å². The highest BCUT2D eigenvalue weighted by atomic mass is 16.6. The summed E-state index contributed by atoms with van der Waals surface area (Å²) in [7, 11) is 0. The summed E-state index contributed by atoms with van der Waals surface area (Å²) in [5, 5.41) is 0. The number of carbonyl (C=O) groups is 1. The predicted molar refractivity (Wildman–Crippen MR) is 67.1 cm³/mol. The fourth-order valence-electron chi connectivity index (χ4n) is 1.25. The molecule has 0 bridgehead atoms. The Labute approximate surface area is 103 Å². The second kappa shape index (κ2) is 5.21. The molecule has 94 valence electrons. The fourth-order valence-corrected chi connectivity index (χ4v) is 1.25. The lowest BCUT2D eigenvalue weighted by Crippen LogP contribution is -2.33. The van der Waals surface area contributed by atoms with Gasteiger partial charge in [-0.05, 0) is 46.8 Å². The molecule has 0 aliphatic heterocycles. The number of esters is 1. The van der Waals surface area contributed by atoms with Crippen LogP contribution in [-0.2, 0) is 9.53 Å². The Bertz CT molecular complexity index is 373. The van der Waals surface area contributed by atoms with Gasteiger partial charge in [-0.1, -0.05) is 17.7 Å². The maximum absolute atomic E-state index is 11.7. The Kier molecular flexibility index (Phi) is 4.16. The smallest absolute Gasteiger partial charge is 0.347 e. The third-order valence-corrected chi connectivity index (χ3v) is 2.07. The Balaban J connectivity index is 2.57. The molecule has 3 heteroatoms. The van der Waals surface area contributed by atoms with Gasteiger partial charge in [-0.2, -0.15) is 0 Å². The van der Waals surface area contributed by atoms with Gasteiger partial charge in [-0.25, -0.2) is 4.79 Å². The minimum atomic E-state index is -0.600. The first kappa shape index (κ1) is 13.6. The van der Waals surface area contributed by atoms with Crippen LogP contribution in [0.4, 0.5) is 0 Å². The van der Waals surface area contributed by atoms with Crippen LogP contribution in [0.3, 0.4) is 0 Å². The minimum Gasteiger partial charge on any atom is -0.479 e. The van der Waals surface area contributed by atoms with Crippen molar-refractivity contribution >= 4 is 5.97 Å². The first-order valence-corrected chi connectivity index (χ1v) is 5.74. The normalized spacial score (nSPS) is 13.0. The maximum atomic E-state index is 11.7. The molecule has 17 heavy (non-hydrogen) atoms. The van der Waals surface area contributed by atoms with E-state index in [1.807, 2.05) is 52.0 Å². The molecule has 0 amide bonds. The lowest BCUT2D eigenvalue weighted by Gasteiger charge is -2.22. The van der Waals surface area contributed by atoms with Crippen LogP contribution in [-0.4, -0.2) is 17.7 Å². The van der Waals surface area contributed by atoms with Crippen molar-refractivity contribution < 1.29 is 14.3 Å². The zero-order chi connectivity index (χ0) is 13.1. The summed E-state index contributed by atoms with van der Waals surface area (Å²) < 4.78 is 10.7. The zero-order valence-corrected chi connectivity index (χ0v) is 11.1. The lowest BCUT2D eigenvalue weighted by atomic mass is 10.2. The van der Waals surface area contributed by atoms with Gasteiger partial charge < -0.3 is 9.47 Å². The molecule has 0 aliphatic carbocycles. The van der Waals surface area contributed by atoms with E-state index in [9.17, 15) is 4.79 Å². The largest absolute Gasteiger partial charge is 0.479 e. The Morgan fingerprint density at radius 2 is 1.71 bits per heavy atom. The van der Waals surface area contributed by atoms with Crippen LogP contribution >= 0.6 is 0 Å². The Morgan fingerprint density at radius 1 is 1.18 bits per heavy atom. The van der Waals surface area contributed by atoms with Crippen molar-refractivity contribution in [2.75, 3.05) is 0 Å².